The predicted molar refractivity (Wildman–Crippen MR) is 101 cm³/mol. The topological polar surface area (TPSA) is 3.24 Å². The van der Waals surface area contributed by atoms with Gasteiger partial charge in [-0.25, -0.2) is 0 Å². The van der Waals surface area contributed by atoms with Crippen molar-refractivity contribution in [3.8, 4) is 0 Å². The Morgan fingerprint density at radius 2 is 1.50 bits per heavy atom. The van der Waals surface area contributed by atoms with Crippen molar-refractivity contribution in [1.82, 2.24) is 0 Å². The average molecular weight is 295 g/mol. The van der Waals surface area contributed by atoms with Gasteiger partial charge in [-0.3, -0.25) is 0 Å². The van der Waals surface area contributed by atoms with E-state index in [1.54, 1.807) is 0 Å². The summed E-state index contributed by atoms with van der Waals surface area (Å²) < 4.78 is 0. The Morgan fingerprint density at radius 3 is 1.86 bits per heavy atom. The molecule has 2 aliphatic rings. The summed E-state index contributed by atoms with van der Waals surface area (Å²) in [6, 6.07) is 11.1. The Morgan fingerprint density at radius 1 is 1.00 bits per heavy atom. The largest absolute Gasteiger partial charge is 0.369 e. The van der Waals surface area contributed by atoms with E-state index in [1.807, 2.05) is 0 Å². The highest BCUT2D eigenvalue weighted by molar-refractivity contribution is 6.40. The van der Waals surface area contributed by atoms with E-state index in [-0.39, 0.29) is 8.41 Å². The molecule has 1 nitrogen and oxygen atoms in total. The van der Waals surface area contributed by atoms with Crippen LogP contribution in [-0.4, -0.2) is 28.3 Å². The molecule has 4 radical (unpaired) electrons. The summed E-state index contributed by atoms with van der Waals surface area (Å²) >= 11 is 0. The Balaban J connectivity index is 0.000000217. The molecule has 0 saturated carbocycles. The summed E-state index contributed by atoms with van der Waals surface area (Å²) in [6.07, 6.45) is 9.00. The van der Waals surface area contributed by atoms with E-state index in [9.17, 15) is 0 Å². The minimum Gasteiger partial charge on any atom is -0.369 e. The van der Waals surface area contributed by atoms with Crippen LogP contribution in [0.25, 0.3) is 0 Å². The van der Waals surface area contributed by atoms with Gasteiger partial charge in [0.05, 0.1) is 0 Å². The maximum absolute atomic E-state index is 2.62. The molecule has 0 aromatic heterocycles. The molecule has 22 heavy (non-hydrogen) atoms. The second kappa shape index (κ2) is 10.0. The zero-order valence-electron chi connectivity index (χ0n) is 14.7. The van der Waals surface area contributed by atoms with Gasteiger partial charge in [0.2, 0.25) is 0 Å². The molecule has 2 aliphatic heterocycles. The van der Waals surface area contributed by atoms with Gasteiger partial charge in [-0.05, 0) is 32.9 Å². The van der Waals surface area contributed by atoms with Crippen molar-refractivity contribution in [2.45, 2.75) is 77.0 Å². The molecular weight excluding hydrogens is 264 g/mol. The maximum atomic E-state index is 2.62. The van der Waals surface area contributed by atoms with Crippen molar-refractivity contribution < 1.29 is 0 Å². The number of anilines is 1. The molecule has 0 atom stereocenters. The van der Waals surface area contributed by atoms with Gasteiger partial charge in [0.1, 0.15) is 7.28 Å². The summed E-state index contributed by atoms with van der Waals surface area (Å²) in [5.41, 5.74) is 1.31. The van der Waals surface area contributed by atoms with Gasteiger partial charge in [0.25, 0.3) is 0 Å². The normalized spacial score (nSPS) is 22.7. The lowest BCUT2D eigenvalue weighted by Crippen LogP contribution is -2.30. The highest BCUT2D eigenvalue weighted by Gasteiger charge is 2.26. The van der Waals surface area contributed by atoms with Crippen molar-refractivity contribution in [1.29, 1.82) is 0 Å². The number of nitrogens with zero attached hydrogens (tertiary/aromatic N) is 1. The molecule has 2 saturated heterocycles. The van der Waals surface area contributed by atoms with E-state index >= 15 is 0 Å². The standard InChI is InChI=1S/C11H17N.C8H14B.B/c1-4-12(10(2)3)11-8-6-5-7-9-11;1-3-7-5-2-6-8(4-1)9-7;/h5-10H,4H2,1-3H3;7-8H,1-6H2;. The van der Waals surface area contributed by atoms with Crippen LogP contribution in [0, 0.1) is 0 Å². The Bertz CT molecular complexity index is 374. The summed E-state index contributed by atoms with van der Waals surface area (Å²) in [4.78, 5) is 2.38. The predicted octanol–water partition coefficient (Wildman–Crippen LogP) is 5.18. The molecule has 1 aromatic rings. The second-order valence-corrected chi connectivity index (χ2v) is 6.79. The molecule has 0 spiro atoms. The molecule has 2 bridgehead atoms. The molecule has 3 rings (SSSR count). The highest BCUT2D eigenvalue weighted by atomic mass is 15.1. The molecule has 1 aromatic carbocycles. The molecule has 0 aliphatic carbocycles. The molecular formula is C19H31B2N. The van der Waals surface area contributed by atoms with Gasteiger partial charge in [0.15, 0.2) is 0 Å². The summed E-state index contributed by atoms with van der Waals surface area (Å²) in [6.45, 7) is 7.70. The van der Waals surface area contributed by atoms with Crippen molar-refractivity contribution in [3.05, 3.63) is 30.3 Å². The number of para-hydroxylation sites is 1. The first-order valence-electron chi connectivity index (χ1n) is 8.87. The van der Waals surface area contributed by atoms with E-state index in [4.69, 9.17) is 0 Å². The fourth-order valence-corrected chi connectivity index (χ4v) is 3.81. The van der Waals surface area contributed by atoms with Crippen LogP contribution in [0.5, 0.6) is 0 Å². The van der Waals surface area contributed by atoms with Gasteiger partial charge in [-0.2, -0.15) is 0 Å². The Hall–Kier alpha value is -0.850. The van der Waals surface area contributed by atoms with Gasteiger partial charge >= 0.3 is 0 Å². The fraction of sp³-hybridized carbons (Fsp3) is 0.684. The molecule has 3 heteroatoms. The minimum atomic E-state index is 0. The van der Waals surface area contributed by atoms with E-state index in [0.29, 0.717) is 6.04 Å². The monoisotopic (exact) mass is 295 g/mol. The van der Waals surface area contributed by atoms with Crippen molar-refractivity contribution in [2.75, 3.05) is 11.4 Å². The van der Waals surface area contributed by atoms with Crippen molar-refractivity contribution >= 4 is 21.4 Å². The Kier molecular flexibility index (Phi) is 8.75. The van der Waals surface area contributed by atoms with E-state index in [2.05, 4.69) is 63.3 Å². The third-order valence-corrected chi connectivity index (χ3v) is 4.90. The number of rotatable bonds is 3. The molecule has 0 unspecified atom stereocenters. The summed E-state index contributed by atoms with van der Waals surface area (Å²) in [7, 11) is 2.62. The van der Waals surface area contributed by atoms with E-state index in [0.717, 1.165) is 18.2 Å². The van der Waals surface area contributed by atoms with Crippen molar-refractivity contribution in [3.63, 3.8) is 0 Å². The van der Waals surface area contributed by atoms with Crippen LogP contribution in [-0.2, 0) is 0 Å². The van der Waals surface area contributed by atoms with Crippen molar-refractivity contribution in [2.24, 2.45) is 0 Å². The lowest BCUT2D eigenvalue weighted by Gasteiger charge is -2.33. The van der Waals surface area contributed by atoms with E-state index < -0.39 is 0 Å². The number of hydrogen-bond acceptors (Lipinski definition) is 1. The van der Waals surface area contributed by atoms with Crippen LogP contribution < -0.4 is 4.90 Å². The van der Waals surface area contributed by atoms with Crippen LogP contribution in [0.3, 0.4) is 0 Å². The zero-order chi connectivity index (χ0) is 15.1. The molecule has 0 amide bonds. The first-order valence-corrected chi connectivity index (χ1v) is 8.87. The minimum absolute atomic E-state index is 0. The zero-order valence-corrected chi connectivity index (χ0v) is 14.7. The van der Waals surface area contributed by atoms with E-state index in [1.165, 1.54) is 44.2 Å². The quantitative estimate of drug-likeness (QED) is 0.695. The highest BCUT2D eigenvalue weighted by Crippen LogP contribution is 2.40. The number of hydrogen-bond donors (Lipinski definition) is 0. The van der Waals surface area contributed by atoms with Gasteiger partial charge in [0, 0.05) is 26.7 Å². The second-order valence-electron chi connectivity index (χ2n) is 6.79. The Labute approximate surface area is 140 Å². The molecule has 0 N–H and O–H groups in total. The fourth-order valence-electron chi connectivity index (χ4n) is 3.81. The maximum Gasteiger partial charge on any atom is 0.117 e. The molecule has 2 fully saturated rings. The third kappa shape index (κ3) is 5.74. The number of benzene rings is 1. The first-order chi connectivity index (χ1) is 10.2. The lowest BCUT2D eigenvalue weighted by molar-refractivity contribution is 0.455. The molecule has 118 valence electrons. The smallest absolute Gasteiger partial charge is 0.117 e. The third-order valence-electron chi connectivity index (χ3n) is 4.90. The first kappa shape index (κ1) is 19.2. The average Bonchev–Trinajstić information content (AvgIpc) is 2.49. The van der Waals surface area contributed by atoms with Crippen LogP contribution in [0.4, 0.5) is 5.69 Å². The van der Waals surface area contributed by atoms with Crippen LogP contribution in [0.15, 0.2) is 30.3 Å². The number of fused-ring (bicyclic) bond motifs is 2. The van der Waals surface area contributed by atoms with Gasteiger partial charge < -0.3 is 4.90 Å². The van der Waals surface area contributed by atoms with Crippen LogP contribution in [0.2, 0.25) is 11.6 Å². The van der Waals surface area contributed by atoms with Crippen LogP contribution in [0.1, 0.15) is 59.3 Å². The van der Waals surface area contributed by atoms with Crippen LogP contribution >= 0.6 is 0 Å². The summed E-state index contributed by atoms with van der Waals surface area (Å²) in [5, 5.41) is 0. The lowest BCUT2D eigenvalue weighted by atomic mass is 9.44. The SMILES string of the molecule is CCN(c1ccccc1)C(C)C.[B].[B]1C2CCCC1CCC2. The summed E-state index contributed by atoms with van der Waals surface area (Å²) in [5.74, 6) is 2.05. The molecule has 2 heterocycles. The van der Waals surface area contributed by atoms with Gasteiger partial charge in [-0.15, -0.1) is 0 Å². The van der Waals surface area contributed by atoms with Gasteiger partial charge in [-0.1, -0.05) is 68.4 Å².